The zero-order valence-electron chi connectivity index (χ0n) is 17.1. The third-order valence-electron chi connectivity index (χ3n) is 4.86. The molecular formula is C23H33NO. The van der Waals surface area contributed by atoms with Crippen LogP contribution < -0.4 is 0 Å². The van der Waals surface area contributed by atoms with Gasteiger partial charge in [-0.25, -0.2) is 0 Å². The first-order chi connectivity index (χ1) is 11.5. The van der Waals surface area contributed by atoms with E-state index >= 15 is 0 Å². The molecule has 0 unspecified atom stereocenters. The molecule has 136 valence electrons. The van der Waals surface area contributed by atoms with E-state index in [1.54, 1.807) is 0 Å². The molecule has 0 radical (unpaired) electrons. The van der Waals surface area contributed by atoms with Gasteiger partial charge in [0.25, 0.3) is 0 Å². The van der Waals surface area contributed by atoms with E-state index in [2.05, 4.69) is 96.8 Å². The second-order valence-electron chi connectivity index (χ2n) is 8.53. The maximum Gasteiger partial charge on any atom is 0.0902 e. The van der Waals surface area contributed by atoms with Crippen molar-refractivity contribution in [2.45, 2.75) is 78.4 Å². The first-order valence-electron chi connectivity index (χ1n) is 9.30. The Morgan fingerprint density at radius 1 is 0.720 bits per heavy atom. The van der Waals surface area contributed by atoms with E-state index in [0.29, 0.717) is 11.8 Å². The average molecular weight is 340 g/mol. The first kappa shape index (κ1) is 19.7. The van der Waals surface area contributed by atoms with Gasteiger partial charge in [0.05, 0.1) is 11.2 Å². The SMILES string of the molecule is CC(C)c1ccc(C(C)(C)OC(C)(C)c2ccc(C(C)C)nc2)cc1. The van der Waals surface area contributed by atoms with Gasteiger partial charge in [0.2, 0.25) is 0 Å². The molecule has 25 heavy (non-hydrogen) atoms. The summed E-state index contributed by atoms with van der Waals surface area (Å²) in [7, 11) is 0. The zero-order chi connectivity index (χ0) is 18.8. The topological polar surface area (TPSA) is 22.1 Å². The lowest BCUT2D eigenvalue weighted by Gasteiger charge is -2.37. The predicted molar refractivity (Wildman–Crippen MR) is 106 cm³/mol. The van der Waals surface area contributed by atoms with E-state index in [0.717, 1.165) is 11.3 Å². The van der Waals surface area contributed by atoms with Crippen molar-refractivity contribution in [1.29, 1.82) is 0 Å². The highest BCUT2D eigenvalue weighted by Crippen LogP contribution is 2.36. The Morgan fingerprint density at radius 3 is 1.68 bits per heavy atom. The largest absolute Gasteiger partial charge is 0.360 e. The maximum atomic E-state index is 6.56. The van der Waals surface area contributed by atoms with Crippen LogP contribution in [0.5, 0.6) is 0 Å². The number of pyridine rings is 1. The van der Waals surface area contributed by atoms with Crippen LogP contribution in [0.2, 0.25) is 0 Å². The number of rotatable bonds is 6. The lowest BCUT2D eigenvalue weighted by Crippen LogP contribution is -2.33. The van der Waals surface area contributed by atoms with Crippen molar-refractivity contribution in [3.63, 3.8) is 0 Å². The summed E-state index contributed by atoms with van der Waals surface area (Å²) in [5.41, 5.74) is 3.97. The first-order valence-corrected chi connectivity index (χ1v) is 9.30. The zero-order valence-corrected chi connectivity index (χ0v) is 17.1. The Bertz CT molecular complexity index is 618. The molecule has 0 amide bonds. The van der Waals surface area contributed by atoms with Crippen LogP contribution in [0.3, 0.4) is 0 Å². The van der Waals surface area contributed by atoms with Crippen LogP contribution in [0.15, 0.2) is 42.6 Å². The van der Waals surface area contributed by atoms with E-state index < -0.39 is 5.60 Å². The second-order valence-corrected chi connectivity index (χ2v) is 8.53. The number of hydrogen-bond acceptors (Lipinski definition) is 2. The van der Waals surface area contributed by atoms with Gasteiger partial charge in [-0.1, -0.05) is 58.0 Å². The van der Waals surface area contributed by atoms with Crippen LogP contribution in [0.25, 0.3) is 0 Å². The van der Waals surface area contributed by atoms with E-state index in [1.165, 1.54) is 11.1 Å². The summed E-state index contributed by atoms with van der Waals surface area (Å²) in [6, 6.07) is 13.0. The lowest BCUT2D eigenvalue weighted by atomic mass is 9.91. The molecule has 0 aliphatic carbocycles. The molecule has 1 aromatic heterocycles. The van der Waals surface area contributed by atoms with Crippen molar-refractivity contribution in [2.75, 3.05) is 0 Å². The van der Waals surface area contributed by atoms with E-state index in [-0.39, 0.29) is 5.60 Å². The molecule has 0 N–H and O–H groups in total. The normalized spacial score (nSPS) is 12.9. The number of nitrogens with zero attached hydrogens (tertiary/aromatic N) is 1. The van der Waals surface area contributed by atoms with Gasteiger partial charge in [0.15, 0.2) is 0 Å². The van der Waals surface area contributed by atoms with Gasteiger partial charge >= 0.3 is 0 Å². The summed E-state index contributed by atoms with van der Waals surface area (Å²) >= 11 is 0. The van der Waals surface area contributed by atoms with Gasteiger partial charge in [-0.3, -0.25) is 4.98 Å². The molecule has 0 aliphatic heterocycles. The Morgan fingerprint density at radius 2 is 1.24 bits per heavy atom. The minimum Gasteiger partial charge on any atom is -0.360 e. The molecule has 0 bridgehead atoms. The molecule has 2 nitrogen and oxygen atoms in total. The fourth-order valence-corrected chi connectivity index (χ4v) is 3.13. The molecule has 0 spiro atoms. The average Bonchev–Trinajstić information content (AvgIpc) is 2.54. The summed E-state index contributed by atoms with van der Waals surface area (Å²) in [6.45, 7) is 17.2. The van der Waals surface area contributed by atoms with Crippen molar-refractivity contribution in [3.05, 3.63) is 65.0 Å². The Hall–Kier alpha value is -1.67. The fourth-order valence-electron chi connectivity index (χ4n) is 3.13. The summed E-state index contributed by atoms with van der Waals surface area (Å²) in [4.78, 5) is 4.60. The molecule has 1 aromatic carbocycles. The summed E-state index contributed by atoms with van der Waals surface area (Å²) in [6.07, 6.45) is 1.95. The minimum absolute atomic E-state index is 0.379. The molecule has 0 fully saturated rings. The highest BCUT2D eigenvalue weighted by Gasteiger charge is 2.32. The molecule has 2 rings (SSSR count). The van der Waals surface area contributed by atoms with E-state index in [4.69, 9.17) is 4.74 Å². The van der Waals surface area contributed by atoms with Gasteiger partial charge in [0, 0.05) is 17.5 Å². The molecule has 0 atom stereocenters. The van der Waals surface area contributed by atoms with Crippen molar-refractivity contribution in [3.8, 4) is 0 Å². The predicted octanol–water partition coefficient (Wildman–Crippen LogP) is 6.52. The quantitative estimate of drug-likeness (QED) is 0.598. The van der Waals surface area contributed by atoms with E-state index in [1.807, 2.05) is 6.20 Å². The molecule has 0 saturated heterocycles. The third-order valence-corrected chi connectivity index (χ3v) is 4.86. The maximum absolute atomic E-state index is 6.56. The minimum atomic E-state index is -0.414. The lowest BCUT2D eigenvalue weighted by molar-refractivity contribution is -0.132. The van der Waals surface area contributed by atoms with Crippen LogP contribution in [-0.2, 0) is 15.9 Å². The van der Waals surface area contributed by atoms with E-state index in [9.17, 15) is 0 Å². The molecule has 2 heteroatoms. The highest BCUT2D eigenvalue weighted by atomic mass is 16.5. The number of ether oxygens (including phenoxy) is 1. The summed E-state index contributed by atoms with van der Waals surface area (Å²) in [5.74, 6) is 0.981. The van der Waals surface area contributed by atoms with Crippen LogP contribution in [0.4, 0.5) is 0 Å². The van der Waals surface area contributed by atoms with Crippen molar-refractivity contribution < 1.29 is 4.74 Å². The molecule has 0 saturated carbocycles. The molecule has 0 aliphatic rings. The Kier molecular flexibility index (Phi) is 5.73. The van der Waals surface area contributed by atoms with Gasteiger partial charge in [-0.05, 0) is 56.7 Å². The smallest absolute Gasteiger partial charge is 0.0902 e. The van der Waals surface area contributed by atoms with Crippen molar-refractivity contribution >= 4 is 0 Å². The summed E-state index contributed by atoms with van der Waals surface area (Å²) in [5, 5.41) is 0. The molecule has 1 heterocycles. The van der Waals surface area contributed by atoms with Gasteiger partial charge < -0.3 is 4.74 Å². The number of hydrogen-bond donors (Lipinski definition) is 0. The monoisotopic (exact) mass is 339 g/mol. The van der Waals surface area contributed by atoms with Crippen LogP contribution in [0, 0.1) is 0 Å². The van der Waals surface area contributed by atoms with Crippen molar-refractivity contribution in [1.82, 2.24) is 4.98 Å². The molecule has 2 aromatic rings. The fraction of sp³-hybridized carbons (Fsp3) is 0.522. The standard InChI is InChI=1S/C23H33NO/c1-16(2)18-9-11-19(12-10-18)22(5,6)25-23(7,8)20-13-14-21(17(3)4)24-15-20/h9-17H,1-8H3. The van der Waals surface area contributed by atoms with Crippen LogP contribution in [0.1, 0.15) is 89.6 Å². The Balaban J connectivity index is 2.22. The van der Waals surface area contributed by atoms with Gasteiger partial charge in [0.1, 0.15) is 0 Å². The third kappa shape index (κ3) is 4.70. The Labute approximate surface area is 153 Å². The van der Waals surface area contributed by atoms with Gasteiger partial charge in [-0.2, -0.15) is 0 Å². The van der Waals surface area contributed by atoms with Crippen LogP contribution in [-0.4, -0.2) is 4.98 Å². The number of aromatic nitrogens is 1. The summed E-state index contributed by atoms with van der Waals surface area (Å²) < 4.78 is 6.56. The van der Waals surface area contributed by atoms with Crippen LogP contribution >= 0.6 is 0 Å². The van der Waals surface area contributed by atoms with Gasteiger partial charge in [-0.15, -0.1) is 0 Å². The van der Waals surface area contributed by atoms with Crippen molar-refractivity contribution in [2.24, 2.45) is 0 Å². The number of benzene rings is 1. The second kappa shape index (κ2) is 7.29. The molecular weight excluding hydrogens is 306 g/mol. The highest BCUT2D eigenvalue weighted by molar-refractivity contribution is 5.29.